The van der Waals surface area contributed by atoms with E-state index in [1.165, 1.54) is 5.56 Å². The second-order valence-corrected chi connectivity index (χ2v) is 5.66. The topological polar surface area (TPSA) is 48.7 Å². The number of aromatic nitrogens is 1. The first-order valence-electron chi connectivity index (χ1n) is 7.46. The number of unbranched alkanes of at least 4 members (excludes halogenated alkanes) is 1. The Kier molecular flexibility index (Phi) is 4.45. The van der Waals surface area contributed by atoms with Crippen LogP contribution < -0.4 is 10.4 Å². The SMILES string of the molecule is CCCCc1ccccc1N1N=Cc2ccnc(Cl)c2B1O. The van der Waals surface area contributed by atoms with Gasteiger partial charge in [-0.05, 0) is 36.1 Å². The van der Waals surface area contributed by atoms with E-state index in [1.807, 2.05) is 18.2 Å². The zero-order chi connectivity index (χ0) is 15.5. The average molecular weight is 314 g/mol. The molecule has 3 rings (SSSR count). The highest BCUT2D eigenvalue weighted by Gasteiger charge is 2.33. The summed E-state index contributed by atoms with van der Waals surface area (Å²) in [6, 6.07) is 9.81. The first-order chi connectivity index (χ1) is 10.7. The third-order valence-corrected chi connectivity index (χ3v) is 4.13. The summed E-state index contributed by atoms with van der Waals surface area (Å²) in [5.74, 6) is 0. The van der Waals surface area contributed by atoms with Crippen LogP contribution in [0.25, 0.3) is 0 Å². The van der Waals surface area contributed by atoms with E-state index in [2.05, 4.69) is 23.1 Å². The van der Waals surface area contributed by atoms with E-state index in [4.69, 9.17) is 11.6 Å². The molecule has 0 fully saturated rings. The van der Waals surface area contributed by atoms with Gasteiger partial charge < -0.3 is 5.02 Å². The average Bonchev–Trinajstić information content (AvgIpc) is 2.54. The van der Waals surface area contributed by atoms with Gasteiger partial charge in [-0.25, -0.2) is 4.98 Å². The highest BCUT2D eigenvalue weighted by molar-refractivity contribution is 6.74. The van der Waals surface area contributed by atoms with E-state index in [0.717, 1.165) is 30.5 Å². The van der Waals surface area contributed by atoms with Crippen molar-refractivity contribution in [2.75, 3.05) is 4.92 Å². The maximum atomic E-state index is 10.7. The maximum absolute atomic E-state index is 10.7. The highest BCUT2D eigenvalue weighted by Crippen LogP contribution is 2.25. The number of nitrogens with zero attached hydrogens (tertiary/aromatic N) is 3. The number of aryl methyl sites for hydroxylation is 1. The van der Waals surface area contributed by atoms with Crippen LogP contribution in [0.3, 0.4) is 0 Å². The molecule has 2 heterocycles. The standard InChI is InChI=1S/C16H17BClN3O/c1-2-3-6-12-7-4-5-8-14(12)21-17(22)15-13(11-20-21)9-10-19-16(15)18/h4-5,7-11,22H,2-3,6H2,1H3. The predicted octanol–water partition coefficient (Wildman–Crippen LogP) is 2.62. The maximum Gasteiger partial charge on any atom is 0.474 e. The Morgan fingerprint density at radius 1 is 1.27 bits per heavy atom. The zero-order valence-electron chi connectivity index (χ0n) is 12.4. The van der Waals surface area contributed by atoms with E-state index in [-0.39, 0.29) is 0 Å². The molecular formula is C16H17BClN3O. The number of fused-ring (bicyclic) bond motifs is 1. The third-order valence-electron chi connectivity index (χ3n) is 3.82. The van der Waals surface area contributed by atoms with Gasteiger partial charge >= 0.3 is 7.05 Å². The molecule has 0 atom stereocenters. The van der Waals surface area contributed by atoms with Crippen molar-refractivity contribution in [3.63, 3.8) is 0 Å². The van der Waals surface area contributed by atoms with E-state index < -0.39 is 7.05 Å². The van der Waals surface area contributed by atoms with Crippen molar-refractivity contribution in [1.82, 2.24) is 4.98 Å². The van der Waals surface area contributed by atoms with Gasteiger partial charge in [0.1, 0.15) is 5.15 Å². The summed E-state index contributed by atoms with van der Waals surface area (Å²) in [5, 5.41) is 15.4. The monoisotopic (exact) mass is 313 g/mol. The number of hydrazone groups is 1. The summed E-state index contributed by atoms with van der Waals surface area (Å²) < 4.78 is 0. The van der Waals surface area contributed by atoms with Crippen molar-refractivity contribution in [2.45, 2.75) is 26.2 Å². The first kappa shape index (κ1) is 15.1. The van der Waals surface area contributed by atoms with Crippen molar-refractivity contribution in [1.29, 1.82) is 0 Å². The second-order valence-electron chi connectivity index (χ2n) is 5.30. The molecule has 0 aliphatic carbocycles. The van der Waals surface area contributed by atoms with Crippen LogP contribution in [-0.4, -0.2) is 23.3 Å². The van der Waals surface area contributed by atoms with Gasteiger partial charge in [-0.3, -0.25) is 4.92 Å². The molecule has 112 valence electrons. The number of hydrogen-bond acceptors (Lipinski definition) is 4. The molecule has 0 saturated carbocycles. The minimum atomic E-state index is -0.927. The summed E-state index contributed by atoms with van der Waals surface area (Å²) in [6.45, 7) is 2.16. The Balaban J connectivity index is 1.99. The zero-order valence-corrected chi connectivity index (χ0v) is 13.2. The van der Waals surface area contributed by atoms with E-state index in [0.29, 0.717) is 10.6 Å². The Bertz CT molecular complexity index is 708. The Morgan fingerprint density at radius 3 is 2.91 bits per heavy atom. The lowest BCUT2D eigenvalue weighted by molar-refractivity contribution is 0.577. The fourth-order valence-electron chi connectivity index (χ4n) is 2.65. The Hall–Kier alpha value is -1.85. The van der Waals surface area contributed by atoms with Crippen LogP contribution in [0.15, 0.2) is 41.6 Å². The number of rotatable bonds is 4. The summed E-state index contributed by atoms with van der Waals surface area (Å²) in [5.41, 5.74) is 3.48. The number of para-hydroxylation sites is 1. The lowest BCUT2D eigenvalue weighted by Crippen LogP contribution is -2.51. The number of hydrogen-bond donors (Lipinski definition) is 1. The molecule has 1 aromatic heterocycles. The molecule has 0 radical (unpaired) electrons. The molecule has 0 spiro atoms. The fraction of sp³-hybridized carbons (Fsp3) is 0.250. The molecule has 0 saturated heterocycles. The molecule has 0 amide bonds. The van der Waals surface area contributed by atoms with Crippen LogP contribution in [0, 0.1) is 0 Å². The van der Waals surface area contributed by atoms with Crippen LogP contribution in [0.1, 0.15) is 30.9 Å². The molecule has 2 aromatic rings. The minimum absolute atomic E-state index is 0.312. The quantitative estimate of drug-likeness (QED) is 0.697. The second kappa shape index (κ2) is 6.50. The van der Waals surface area contributed by atoms with Gasteiger partial charge in [-0.15, -0.1) is 0 Å². The molecule has 0 unspecified atom stereocenters. The lowest BCUT2D eigenvalue weighted by atomic mass is 9.70. The van der Waals surface area contributed by atoms with Crippen LogP contribution in [-0.2, 0) is 6.42 Å². The Labute approximate surface area is 135 Å². The van der Waals surface area contributed by atoms with E-state index in [9.17, 15) is 5.02 Å². The minimum Gasteiger partial charge on any atom is -0.427 e. The molecule has 6 heteroatoms. The van der Waals surface area contributed by atoms with Gasteiger partial charge in [-0.2, -0.15) is 5.10 Å². The highest BCUT2D eigenvalue weighted by atomic mass is 35.5. The van der Waals surface area contributed by atoms with Crippen molar-refractivity contribution >= 4 is 36.0 Å². The van der Waals surface area contributed by atoms with Crippen LogP contribution in [0.4, 0.5) is 5.69 Å². The van der Waals surface area contributed by atoms with E-state index >= 15 is 0 Å². The fourth-order valence-corrected chi connectivity index (χ4v) is 2.91. The number of halogens is 1. The van der Waals surface area contributed by atoms with Crippen molar-refractivity contribution in [2.24, 2.45) is 5.10 Å². The molecule has 1 N–H and O–H groups in total. The molecule has 1 aliphatic rings. The van der Waals surface area contributed by atoms with Crippen LogP contribution >= 0.6 is 11.6 Å². The number of pyridine rings is 1. The van der Waals surface area contributed by atoms with Crippen molar-refractivity contribution in [3.8, 4) is 0 Å². The van der Waals surface area contributed by atoms with Gasteiger partial charge in [0.25, 0.3) is 0 Å². The van der Waals surface area contributed by atoms with Crippen molar-refractivity contribution < 1.29 is 5.02 Å². The molecule has 4 nitrogen and oxygen atoms in total. The summed E-state index contributed by atoms with van der Waals surface area (Å²) in [7, 11) is -0.927. The van der Waals surface area contributed by atoms with Gasteiger partial charge in [-0.1, -0.05) is 43.1 Å². The van der Waals surface area contributed by atoms with E-state index in [1.54, 1.807) is 23.4 Å². The first-order valence-corrected chi connectivity index (χ1v) is 7.83. The summed E-state index contributed by atoms with van der Waals surface area (Å²) in [6.07, 6.45) is 6.51. The van der Waals surface area contributed by atoms with Gasteiger partial charge in [0, 0.05) is 11.7 Å². The lowest BCUT2D eigenvalue weighted by Gasteiger charge is -2.28. The Morgan fingerprint density at radius 2 is 2.09 bits per heavy atom. The van der Waals surface area contributed by atoms with Gasteiger partial charge in [0.15, 0.2) is 0 Å². The predicted molar refractivity (Wildman–Crippen MR) is 92.0 cm³/mol. The summed E-state index contributed by atoms with van der Waals surface area (Å²) >= 11 is 6.15. The molecule has 1 aromatic carbocycles. The molecular weight excluding hydrogens is 296 g/mol. The van der Waals surface area contributed by atoms with Crippen molar-refractivity contribution in [3.05, 3.63) is 52.8 Å². The third kappa shape index (κ3) is 2.74. The van der Waals surface area contributed by atoms with Gasteiger partial charge in [0.2, 0.25) is 0 Å². The molecule has 1 aliphatic heterocycles. The number of anilines is 1. The van der Waals surface area contributed by atoms with Crippen LogP contribution in [0.5, 0.6) is 0 Å². The molecule has 0 bridgehead atoms. The normalized spacial score (nSPS) is 13.4. The largest absolute Gasteiger partial charge is 0.474 e. The number of benzene rings is 1. The smallest absolute Gasteiger partial charge is 0.427 e. The van der Waals surface area contributed by atoms with Crippen LogP contribution in [0.2, 0.25) is 5.15 Å². The molecule has 22 heavy (non-hydrogen) atoms. The summed E-state index contributed by atoms with van der Waals surface area (Å²) in [4.78, 5) is 5.67. The van der Waals surface area contributed by atoms with Gasteiger partial charge in [0.05, 0.1) is 11.9 Å².